The largest absolute Gasteiger partial charge is 0.497 e. The van der Waals surface area contributed by atoms with Gasteiger partial charge in [0.05, 0.1) is 7.11 Å². The fourth-order valence-corrected chi connectivity index (χ4v) is 2.32. The Bertz CT molecular complexity index is 817. The first-order valence-corrected chi connectivity index (χ1v) is 6.45. The highest BCUT2D eigenvalue weighted by Crippen LogP contribution is 2.22. The molecule has 3 heteroatoms. The normalized spacial score (nSPS) is 10.7. The number of aryl methyl sites for hydroxylation is 1. The zero-order chi connectivity index (χ0) is 14.1. The molecule has 0 fully saturated rings. The average molecular weight is 265 g/mol. The van der Waals surface area contributed by atoms with Crippen LogP contribution in [0.2, 0.25) is 0 Å². The van der Waals surface area contributed by atoms with Crippen LogP contribution in [0.25, 0.3) is 22.0 Å². The summed E-state index contributed by atoms with van der Waals surface area (Å²) in [6, 6.07) is 15.5. The van der Waals surface area contributed by atoms with E-state index >= 15 is 0 Å². The third kappa shape index (κ3) is 2.18. The van der Waals surface area contributed by atoms with Crippen molar-refractivity contribution in [2.24, 2.45) is 0 Å². The Morgan fingerprint density at radius 1 is 1.00 bits per heavy atom. The number of aromatic nitrogens is 1. The molecule has 1 N–H and O–H groups in total. The Kier molecular flexibility index (Phi) is 3.03. The lowest BCUT2D eigenvalue weighted by atomic mass is 10.1. The van der Waals surface area contributed by atoms with Gasteiger partial charge in [-0.2, -0.15) is 0 Å². The number of fused-ring (bicyclic) bond motifs is 1. The average Bonchev–Trinajstić information content (AvgIpc) is 2.46. The van der Waals surface area contributed by atoms with Crippen LogP contribution in [0.4, 0.5) is 0 Å². The highest BCUT2D eigenvalue weighted by atomic mass is 16.5. The monoisotopic (exact) mass is 265 g/mol. The number of hydrogen-bond donors (Lipinski definition) is 1. The van der Waals surface area contributed by atoms with E-state index in [0.29, 0.717) is 5.39 Å². The van der Waals surface area contributed by atoms with Crippen LogP contribution in [0.15, 0.2) is 53.3 Å². The predicted molar refractivity (Wildman–Crippen MR) is 81.3 cm³/mol. The first-order valence-electron chi connectivity index (χ1n) is 6.45. The van der Waals surface area contributed by atoms with Crippen LogP contribution >= 0.6 is 0 Å². The molecule has 3 rings (SSSR count). The molecule has 100 valence electrons. The van der Waals surface area contributed by atoms with Gasteiger partial charge in [-0.05, 0) is 54.3 Å². The van der Waals surface area contributed by atoms with Crippen LogP contribution in [-0.2, 0) is 0 Å². The van der Waals surface area contributed by atoms with Crippen molar-refractivity contribution in [3.8, 4) is 17.0 Å². The van der Waals surface area contributed by atoms with E-state index in [2.05, 4.69) is 4.98 Å². The van der Waals surface area contributed by atoms with Gasteiger partial charge in [0.2, 0.25) is 0 Å². The number of benzene rings is 2. The molecule has 1 aromatic heterocycles. The summed E-state index contributed by atoms with van der Waals surface area (Å²) in [5, 5.41) is 1.67. The fourth-order valence-electron chi connectivity index (χ4n) is 2.32. The summed E-state index contributed by atoms with van der Waals surface area (Å²) in [5.74, 6) is 0.799. The number of H-pyrrole nitrogens is 1. The van der Waals surface area contributed by atoms with Crippen LogP contribution in [-0.4, -0.2) is 12.1 Å². The van der Waals surface area contributed by atoms with Gasteiger partial charge in [0, 0.05) is 11.1 Å². The van der Waals surface area contributed by atoms with Gasteiger partial charge in [0.15, 0.2) is 0 Å². The Hall–Kier alpha value is -2.55. The smallest absolute Gasteiger partial charge is 0.256 e. The zero-order valence-electron chi connectivity index (χ0n) is 11.4. The van der Waals surface area contributed by atoms with Crippen molar-refractivity contribution >= 4 is 10.8 Å². The Morgan fingerprint density at radius 2 is 1.75 bits per heavy atom. The molecule has 1 heterocycles. The fraction of sp³-hybridized carbons (Fsp3) is 0.118. The molecule has 0 saturated carbocycles. The van der Waals surface area contributed by atoms with Crippen LogP contribution in [0, 0.1) is 6.92 Å². The SMILES string of the molecule is COc1ccc(-c2cc3cc(C)ccc3c(=O)[nH]2)cc1. The van der Waals surface area contributed by atoms with Crippen molar-refractivity contribution in [3.63, 3.8) is 0 Å². The minimum Gasteiger partial charge on any atom is -0.497 e. The van der Waals surface area contributed by atoms with E-state index in [0.717, 1.165) is 28.0 Å². The molecule has 0 atom stereocenters. The molecule has 0 amide bonds. The van der Waals surface area contributed by atoms with Crippen LogP contribution in [0.3, 0.4) is 0 Å². The standard InChI is InChI=1S/C17H15NO2/c1-11-3-8-15-13(9-11)10-16(18-17(15)19)12-4-6-14(20-2)7-5-12/h3-10H,1-2H3,(H,18,19). The number of methoxy groups -OCH3 is 1. The summed E-state index contributed by atoms with van der Waals surface area (Å²) in [7, 11) is 1.63. The van der Waals surface area contributed by atoms with Crippen LogP contribution in [0.5, 0.6) is 5.75 Å². The zero-order valence-corrected chi connectivity index (χ0v) is 11.4. The maximum Gasteiger partial charge on any atom is 0.256 e. The van der Waals surface area contributed by atoms with Gasteiger partial charge in [-0.25, -0.2) is 0 Å². The van der Waals surface area contributed by atoms with E-state index in [4.69, 9.17) is 4.74 Å². The summed E-state index contributed by atoms with van der Waals surface area (Å²) < 4.78 is 5.14. The van der Waals surface area contributed by atoms with Crippen molar-refractivity contribution in [2.45, 2.75) is 6.92 Å². The third-order valence-corrected chi connectivity index (χ3v) is 3.40. The number of nitrogens with one attached hydrogen (secondary N) is 1. The van der Waals surface area contributed by atoms with Gasteiger partial charge in [-0.3, -0.25) is 4.79 Å². The van der Waals surface area contributed by atoms with Crippen molar-refractivity contribution in [1.29, 1.82) is 0 Å². The molecule has 20 heavy (non-hydrogen) atoms. The maximum atomic E-state index is 12.1. The van der Waals surface area contributed by atoms with Crippen LogP contribution in [0.1, 0.15) is 5.56 Å². The Labute approximate surface area is 116 Å². The number of hydrogen-bond acceptors (Lipinski definition) is 2. The van der Waals surface area contributed by atoms with E-state index in [9.17, 15) is 4.79 Å². The second-order valence-corrected chi connectivity index (χ2v) is 4.83. The van der Waals surface area contributed by atoms with Gasteiger partial charge in [-0.15, -0.1) is 0 Å². The summed E-state index contributed by atoms with van der Waals surface area (Å²) in [6.07, 6.45) is 0. The van der Waals surface area contributed by atoms with Gasteiger partial charge in [0.25, 0.3) is 5.56 Å². The molecule has 0 radical (unpaired) electrons. The van der Waals surface area contributed by atoms with E-state index in [1.54, 1.807) is 7.11 Å². The molecule has 0 spiro atoms. The molecular formula is C17H15NO2. The molecule has 0 aliphatic rings. The Balaban J connectivity index is 2.18. The van der Waals surface area contributed by atoms with Gasteiger partial charge < -0.3 is 9.72 Å². The molecule has 0 aliphatic heterocycles. The number of aromatic amines is 1. The van der Waals surface area contributed by atoms with Crippen molar-refractivity contribution in [3.05, 3.63) is 64.4 Å². The third-order valence-electron chi connectivity index (χ3n) is 3.40. The van der Waals surface area contributed by atoms with E-state index in [-0.39, 0.29) is 5.56 Å². The number of pyridine rings is 1. The van der Waals surface area contributed by atoms with E-state index in [1.165, 1.54) is 0 Å². The molecular weight excluding hydrogens is 250 g/mol. The van der Waals surface area contributed by atoms with E-state index < -0.39 is 0 Å². The van der Waals surface area contributed by atoms with Crippen molar-refractivity contribution in [1.82, 2.24) is 4.98 Å². The minimum atomic E-state index is -0.0617. The number of ether oxygens (including phenoxy) is 1. The summed E-state index contributed by atoms with van der Waals surface area (Å²) in [4.78, 5) is 15.1. The minimum absolute atomic E-state index is 0.0617. The lowest BCUT2D eigenvalue weighted by Crippen LogP contribution is -2.07. The van der Waals surface area contributed by atoms with Gasteiger partial charge >= 0.3 is 0 Å². The first-order chi connectivity index (χ1) is 9.67. The highest BCUT2D eigenvalue weighted by Gasteiger charge is 2.04. The van der Waals surface area contributed by atoms with E-state index in [1.807, 2.05) is 55.5 Å². The summed E-state index contributed by atoms with van der Waals surface area (Å²) in [5.41, 5.74) is 2.86. The Morgan fingerprint density at radius 3 is 2.45 bits per heavy atom. The van der Waals surface area contributed by atoms with Gasteiger partial charge in [0.1, 0.15) is 5.75 Å². The number of rotatable bonds is 2. The molecule has 3 nitrogen and oxygen atoms in total. The second-order valence-electron chi connectivity index (χ2n) is 4.83. The second kappa shape index (κ2) is 4.85. The van der Waals surface area contributed by atoms with Gasteiger partial charge in [-0.1, -0.05) is 17.7 Å². The lowest BCUT2D eigenvalue weighted by molar-refractivity contribution is 0.415. The molecule has 0 bridgehead atoms. The highest BCUT2D eigenvalue weighted by molar-refractivity contribution is 5.85. The predicted octanol–water partition coefficient (Wildman–Crippen LogP) is 3.51. The van der Waals surface area contributed by atoms with Crippen LogP contribution < -0.4 is 10.3 Å². The quantitative estimate of drug-likeness (QED) is 0.770. The first kappa shape index (κ1) is 12.5. The summed E-state index contributed by atoms with van der Waals surface area (Å²) >= 11 is 0. The lowest BCUT2D eigenvalue weighted by Gasteiger charge is -2.06. The maximum absolute atomic E-state index is 12.1. The topological polar surface area (TPSA) is 42.1 Å². The molecule has 0 saturated heterocycles. The molecule has 3 aromatic rings. The molecule has 0 unspecified atom stereocenters. The van der Waals surface area contributed by atoms with Crippen molar-refractivity contribution in [2.75, 3.05) is 7.11 Å². The molecule has 2 aromatic carbocycles. The van der Waals surface area contributed by atoms with Crippen molar-refractivity contribution < 1.29 is 4.74 Å². The molecule has 0 aliphatic carbocycles. The summed E-state index contributed by atoms with van der Waals surface area (Å²) in [6.45, 7) is 2.02.